The monoisotopic (exact) mass is 465 g/mol. The third-order valence-electron chi connectivity index (χ3n) is 4.41. The van der Waals surface area contributed by atoms with Gasteiger partial charge in [0.1, 0.15) is 0 Å². The molecule has 1 saturated heterocycles. The number of nitro groups is 1. The molecule has 0 saturated carbocycles. The highest BCUT2D eigenvalue weighted by molar-refractivity contribution is 7.89. The van der Waals surface area contributed by atoms with Gasteiger partial charge in [-0.25, -0.2) is 18.0 Å². The van der Waals surface area contributed by atoms with Crippen molar-refractivity contribution in [2.75, 3.05) is 26.2 Å². The Kier molecular flexibility index (Phi) is 7.98. The number of amides is 1. The van der Waals surface area contributed by atoms with Crippen molar-refractivity contribution in [3.63, 3.8) is 0 Å². The Hall–Kier alpha value is -3.84. The number of carboxylic acid groups (broad SMARTS) is 2. The largest absolute Gasteiger partial charge is 0.473 e. The van der Waals surface area contributed by atoms with Crippen LogP contribution in [0, 0.1) is 10.1 Å². The van der Waals surface area contributed by atoms with E-state index in [4.69, 9.17) is 19.8 Å². The molecule has 0 atom stereocenters. The van der Waals surface area contributed by atoms with Gasteiger partial charge < -0.3 is 15.1 Å². The fraction of sp³-hybridized carbons (Fsp3) is 0.211. The van der Waals surface area contributed by atoms with E-state index in [0.717, 1.165) is 0 Å². The quantitative estimate of drug-likeness (QED) is 0.377. The Labute approximate surface area is 182 Å². The van der Waals surface area contributed by atoms with Gasteiger partial charge in [0.25, 0.3) is 11.6 Å². The average molecular weight is 465 g/mol. The second-order valence-corrected chi connectivity index (χ2v) is 8.36. The zero-order chi connectivity index (χ0) is 23.9. The number of carbonyl (C=O) groups excluding carboxylic acids is 1. The first-order chi connectivity index (χ1) is 15.0. The molecule has 13 heteroatoms. The lowest BCUT2D eigenvalue weighted by molar-refractivity contribution is -0.384. The Morgan fingerprint density at radius 1 is 0.844 bits per heavy atom. The summed E-state index contributed by atoms with van der Waals surface area (Å²) in [6.45, 7) is 0.940. The highest BCUT2D eigenvalue weighted by Crippen LogP contribution is 2.21. The Morgan fingerprint density at radius 2 is 1.34 bits per heavy atom. The van der Waals surface area contributed by atoms with Gasteiger partial charge in [-0.15, -0.1) is 0 Å². The molecule has 2 N–H and O–H groups in total. The molecule has 0 bridgehead atoms. The number of nitro benzene ring substituents is 1. The third kappa shape index (κ3) is 6.09. The van der Waals surface area contributed by atoms with Crippen molar-refractivity contribution >= 4 is 33.6 Å². The van der Waals surface area contributed by atoms with E-state index in [1.807, 2.05) is 6.07 Å². The van der Waals surface area contributed by atoms with Crippen molar-refractivity contribution in [2.24, 2.45) is 0 Å². The van der Waals surface area contributed by atoms with E-state index in [0.29, 0.717) is 18.7 Å². The van der Waals surface area contributed by atoms with E-state index in [2.05, 4.69) is 0 Å². The number of carboxylic acids is 2. The lowest BCUT2D eigenvalue weighted by Gasteiger charge is -2.34. The molecule has 1 aliphatic heterocycles. The Bertz CT molecular complexity index is 1080. The smallest absolute Gasteiger partial charge is 0.414 e. The van der Waals surface area contributed by atoms with E-state index in [1.54, 1.807) is 29.2 Å². The maximum atomic E-state index is 12.7. The molecule has 0 radical (unpaired) electrons. The molecule has 170 valence electrons. The van der Waals surface area contributed by atoms with Crippen molar-refractivity contribution < 1.29 is 37.9 Å². The zero-order valence-electron chi connectivity index (χ0n) is 16.5. The summed E-state index contributed by atoms with van der Waals surface area (Å²) in [6.07, 6.45) is 0. The first-order valence-corrected chi connectivity index (χ1v) is 10.5. The third-order valence-corrected chi connectivity index (χ3v) is 6.33. The number of nitrogens with zero attached hydrogens (tertiary/aromatic N) is 3. The van der Waals surface area contributed by atoms with Gasteiger partial charge in [0, 0.05) is 43.9 Å². The van der Waals surface area contributed by atoms with Crippen LogP contribution >= 0.6 is 0 Å². The first-order valence-electron chi connectivity index (χ1n) is 9.09. The molecule has 1 aliphatic rings. The van der Waals surface area contributed by atoms with E-state index < -0.39 is 26.9 Å². The number of carbonyl (C=O) groups is 3. The second kappa shape index (κ2) is 10.5. The van der Waals surface area contributed by atoms with Crippen LogP contribution in [0.25, 0.3) is 0 Å². The van der Waals surface area contributed by atoms with Crippen molar-refractivity contribution in [3.05, 3.63) is 70.3 Å². The number of piperazine rings is 1. The Morgan fingerprint density at radius 3 is 1.78 bits per heavy atom. The highest BCUT2D eigenvalue weighted by atomic mass is 32.2. The number of rotatable bonds is 4. The van der Waals surface area contributed by atoms with Gasteiger partial charge in [0.05, 0.1) is 9.82 Å². The van der Waals surface area contributed by atoms with Crippen molar-refractivity contribution in [2.45, 2.75) is 4.90 Å². The zero-order valence-corrected chi connectivity index (χ0v) is 17.3. The number of aliphatic carboxylic acids is 2. The highest BCUT2D eigenvalue weighted by Gasteiger charge is 2.30. The molecule has 32 heavy (non-hydrogen) atoms. The van der Waals surface area contributed by atoms with Gasteiger partial charge in [-0.3, -0.25) is 14.9 Å². The van der Waals surface area contributed by atoms with Crippen molar-refractivity contribution in [3.8, 4) is 0 Å². The maximum absolute atomic E-state index is 12.7. The molecule has 0 aliphatic carbocycles. The van der Waals surface area contributed by atoms with Crippen LogP contribution in [-0.2, 0) is 19.6 Å². The minimum absolute atomic E-state index is 0.00550. The molecule has 1 heterocycles. The summed E-state index contributed by atoms with van der Waals surface area (Å²) in [6, 6.07) is 13.6. The van der Waals surface area contributed by atoms with Crippen molar-refractivity contribution in [1.82, 2.24) is 9.21 Å². The van der Waals surface area contributed by atoms with Gasteiger partial charge in [-0.2, -0.15) is 4.31 Å². The normalized spacial score (nSPS) is 14.1. The molecule has 2 aromatic rings. The number of sulfonamides is 1. The first kappa shape index (κ1) is 24.4. The van der Waals surface area contributed by atoms with Crippen LogP contribution in [-0.4, -0.2) is 76.8 Å². The summed E-state index contributed by atoms with van der Waals surface area (Å²) < 4.78 is 26.6. The SMILES string of the molecule is O=C(O)C(=O)O.O=C(c1ccccc1)N1CCN(S(=O)(=O)c2ccc([N+](=O)[O-])cc2)CC1. The van der Waals surface area contributed by atoms with Crippen LogP contribution in [0.4, 0.5) is 5.69 Å². The number of hydrogen-bond donors (Lipinski definition) is 2. The summed E-state index contributed by atoms with van der Waals surface area (Å²) in [7, 11) is -3.75. The molecular formula is C19H19N3O9S. The number of non-ortho nitro benzene ring substituents is 1. The van der Waals surface area contributed by atoms with Gasteiger partial charge in [0.15, 0.2) is 0 Å². The molecule has 0 spiro atoms. The number of benzene rings is 2. The van der Waals surface area contributed by atoms with Crippen LogP contribution in [0.3, 0.4) is 0 Å². The molecule has 12 nitrogen and oxygen atoms in total. The van der Waals surface area contributed by atoms with E-state index >= 15 is 0 Å². The molecular weight excluding hydrogens is 446 g/mol. The molecule has 3 rings (SSSR count). The standard InChI is InChI=1S/C17H17N3O5S.C2H2O4/c21-17(14-4-2-1-3-5-14)18-10-12-19(13-11-18)26(24,25)16-8-6-15(7-9-16)20(22)23;3-1(4)2(5)6/h1-9H,10-13H2;(H,3,4)(H,5,6). The average Bonchev–Trinajstić information content (AvgIpc) is 2.79. The lowest BCUT2D eigenvalue weighted by Crippen LogP contribution is -2.50. The van der Waals surface area contributed by atoms with Gasteiger partial charge in [-0.05, 0) is 24.3 Å². The van der Waals surface area contributed by atoms with Crippen LogP contribution in [0.2, 0.25) is 0 Å². The van der Waals surface area contributed by atoms with Gasteiger partial charge in [0.2, 0.25) is 10.0 Å². The predicted octanol–water partition coefficient (Wildman–Crippen LogP) is 0.897. The summed E-state index contributed by atoms with van der Waals surface area (Å²) in [5.41, 5.74) is 0.404. The summed E-state index contributed by atoms with van der Waals surface area (Å²) in [5, 5.41) is 25.5. The fourth-order valence-corrected chi connectivity index (χ4v) is 4.21. The molecule has 1 amide bonds. The van der Waals surface area contributed by atoms with E-state index in [-0.39, 0.29) is 29.6 Å². The molecule has 1 fully saturated rings. The Balaban J connectivity index is 0.000000534. The number of hydrogen-bond acceptors (Lipinski definition) is 7. The lowest BCUT2D eigenvalue weighted by atomic mass is 10.2. The predicted molar refractivity (Wildman–Crippen MR) is 109 cm³/mol. The van der Waals surface area contributed by atoms with Crippen LogP contribution in [0.15, 0.2) is 59.5 Å². The minimum atomic E-state index is -3.75. The van der Waals surface area contributed by atoms with Crippen molar-refractivity contribution in [1.29, 1.82) is 0 Å². The van der Waals surface area contributed by atoms with Crippen LogP contribution in [0.5, 0.6) is 0 Å². The van der Waals surface area contributed by atoms with Gasteiger partial charge in [-0.1, -0.05) is 18.2 Å². The molecule has 0 unspecified atom stereocenters. The van der Waals surface area contributed by atoms with E-state index in [9.17, 15) is 23.3 Å². The van der Waals surface area contributed by atoms with Crippen LogP contribution in [0.1, 0.15) is 10.4 Å². The van der Waals surface area contributed by atoms with E-state index in [1.165, 1.54) is 28.6 Å². The minimum Gasteiger partial charge on any atom is -0.473 e. The fourth-order valence-electron chi connectivity index (χ4n) is 2.78. The van der Waals surface area contributed by atoms with Gasteiger partial charge >= 0.3 is 11.9 Å². The molecule has 0 aromatic heterocycles. The topological polar surface area (TPSA) is 175 Å². The second-order valence-electron chi connectivity index (χ2n) is 6.42. The van der Waals surface area contributed by atoms with Crippen LogP contribution < -0.4 is 0 Å². The maximum Gasteiger partial charge on any atom is 0.414 e. The summed E-state index contributed by atoms with van der Waals surface area (Å²) in [4.78, 5) is 42.4. The summed E-state index contributed by atoms with van der Waals surface area (Å²) in [5.74, 6) is -3.78. The molecule has 2 aromatic carbocycles. The summed E-state index contributed by atoms with van der Waals surface area (Å²) >= 11 is 0.